The van der Waals surface area contributed by atoms with Crippen LogP contribution >= 0.6 is 0 Å². The lowest BCUT2D eigenvalue weighted by Gasteiger charge is -2.31. The summed E-state index contributed by atoms with van der Waals surface area (Å²) >= 11 is 0. The Morgan fingerprint density at radius 1 is 1.30 bits per heavy atom. The first-order valence-electron chi connectivity index (χ1n) is 7.81. The van der Waals surface area contributed by atoms with E-state index in [2.05, 4.69) is 26.8 Å². The lowest BCUT2D eigenvalue weighted by molar-refractivity contribution is 0.0864. The van der Waals surface area contributed by atoms with Gasteiger partial charge >= 0.3 is 0 Å². The molecule has 0 radical (unpaired) electrons. The number of ether oxygens (including phenoxy) is 1. The van der Waals surface area contributed by atoms with Crippen LogP contribution in [0.5, 0.6) is 11.5 Å². The first kappa shape index (κ1) is 17.1. The molecule has 0 bridgehead atoms. The second-order valence-electron chi connectivity index (χ2n) is 6.67. The highest BCUT2D eigenvalue weighted by Crippen LogP contribution is 2.36. The molecule has 1 aromatic rings. The minimum absolute atomic E-state index is 0.0362. The molecule has 1 aliphatic rings. The van der Waals surface area contributed by atoms with Gasteiger partial charge in [-0.15, -0.1) is 0 Å². The zero-order valence-corrected chi connectivity index (χ0v) is 14.1. The number of phenols is 2. The molecule has 0 saturated carbocycles. The summed E-state index contributed by atoms with van der Waals surface area (Å²) in [6, 6.07) is 2.65. The number of allylic oxidation sites excluding steroid dienone is 3. The molecule has 23 heavy (non-hydrogen) atoms. The van der Waals surface area contributed by atoms with Crippen LogP contribution in [-0.4, -0.2) is 22.6 Å². The number of aryl methyl sites for hydroxylation is 1. The summed E-state index contributed by atoms with van der Waals surface area (Å²) in [6.07, 6.45) is 6.89. The molecule has 0 heterocycles. The Bertz CT molecular complexity index is 670. The number of carbonyl (C=O) groups excluding carboxylic acids is 1. The van der Waals surface area contributed by atoms with E-state index in [1.54, 1.807) is 6.92 Å². The number of ketones is 1. The van der Waals surface area contributed by atoms with Crippen LogP contribution in [0.3, 0.4) is 0 Å². The van der Waals surface area contributed by atoms with Crippen molar-refractivity contribution in [2.24, 2.45) is 11.3 Å². The molecule has 0 saturated heterocycles. The van der Waals surface area contributed by atoms with Crippen molar-refractivity contribution in [3.05, 3.63) is 47.2 Å². The standard InChI is InChI=1S/C19H24O4/c1-12(2)19(4)7-5-14(6-8-19)23-11-18(22)15-9-13(3)16(20)10-17(15)21/h5-7,9-10,12,20-21H,8,11H2,1-4H3. The van der Waals surface area contributed by atoms with Crippen molar-refractivity contribution in [3.63, 3.8) is 0 Å². The fourth-order valence-electron chi connectivity index (χ4n) is 2.40. The fourth-order valence-corrected chi connectivity index (χ4v) is 2.40. The summed E-state index contributed by atoms with van der Waals surface area (Å²) in [7, 11) is 0. The van der Waals surface area contributed by atoms with Crippen molar-refractivity contribution in [1.82, 2.24) is 0 Å². The van der Waals surface area contributed by atoms with Crippen LogP contribution in [0.4, 0.5) is 0 Å². The highest BCUT2D eigenvalue weighted by atomic mass is 16.5. The molecule has 0 amide bonds. The molecule has 1 aromatic carbocycles. The van der Waals surface area contributed by atoms with Gasteiger partial charge in [-0.1, -0.05) is 26.8 Å². The number of phenolic OH excluding ortho intramolecular Hbond substituents is 2. The Labute approximate surface area is 137 Å². The van der Waals surface area contributed by atoms with Gasteiger partial charge in [0.1, 0.15) is 17.3 Å². The molecular weight excluding hydrogens is 292 g/mol. The Morgan fingerprint density at radius 2 is 2.00 bits per heavy atom. The van der Waals surface area contributed by atoms with Gasteiger partial charge in [-0.2, -0.15) is 0 Å². The molecule has 0 aliphatic heterocycles. The molecule has 1 unspecified atom stereocenters. The number of hydrogen-bond donors (Lipinski definition) is 2. The van der Waals surface area contributed by atoms with E-state index in [-0.39, 0.29) is 34.9 Å². The van der Waals surface area contributed by atoms with E-state index in [0.717, 1.165) is 6.42 Å². The lowest BCUT2D eigenvalue weighted by Crippen LogP contribution is -2.22. The fraction of sp³-hybridized carbons (Fsp3) is 0.421. The molecule has 2 N–H and O–H groups in total. The molecule has 0 spiro atoms. The topological polar surface area (TPSA) is 66.8 Å². The van der Waals surface area contributed by atoms with Crippen LogP contribution in [0.15, 0.2) is 36.1 Å². The monoisotopic (exact) mass is 316 g/mol. The van der Waals surface area contributed by atoms with Gasteiger partial charge in [-0.25, -0.2) is 0 Å². The van der Waals surface area contributed by atoms with Crippen LogP contribution in [0.1, 0.15) is 43.1 Å². The maximum atomic E-state index is 12.2. The van der Waals surface area contributed by atoms with Gasteiger partial charge in [-0.3, -0.25) is 4.79 Å². The number of carbonyl (C=O) groups is 1. The minimum Gasteiger partial charge on any atom is -0.508 e. The van der Waals surface area contributed by atoms with E-state index in [4.69, 9.17) is 4.74 Å². The van der Waals surface area contributed by atoms with Crippen LogP contribution < -0.4 is 0 Å². The molecule has 4 nitrogen and oxygen atoms in total. The number of aromatic hydroxyl groups is 2. The van der Waals surface area contributed by atoms with E-state index in [1.165, 1.54) is 12.1 Å². The molecular formula is C19H24O4. The summed E-state index contributed by atoms with van der Waals surface area (Å²) in [5.41, 5.74) is 0.812. The third-order valence-corrected chi connectivity index (χ3v) is 4.67. The summed E-state index contributed by atoms with van der Waals surface area (Å²) in [4.78, 5) is 12.2. The summed E-state index contributed by atoms with van der Waals surface area (Å²) < 4.78 is 5.55. The van der Waals surface area contributed by atoms with E-state index >= 15 is 0 Å². The zero-order valence-electron chi connectivity index (χ0n) is 14.1. The summed E-state index contributed by atoms with van der Waals surface area (Å²) in [5.74, 6) is 0.603. The average molecular weight is 316 g/mol. The molecule has 0 fully saturated rings. The Kier molecular flexibility index (Phi) is 4.83. The van der Waals surface area contributed by atoms with E-state index in [9.17, 15) is 15.0 Å². The van der Waals surface area contributed by atoms with Crippen molar-refractivity contribution in [3.8, 4) is 11.5 Å². The van der Waals surface area contributed by atoms with Crippen molar-refractivity contribution in [2.45, 2.75) is 34.1 Å². The number of rotatable bonds is 5. The van der Waals surface area contributed by atoms with E-state index in [1.807, 2.05) is 12.2 Å². The lowest BCUT2D eigenvalue weighted by atomic mass is 9.74. The minimum atomic E-state index is -0.322. The van der Waals surface area contributed by atoms with Crippen LogP contribution in [0.2, 0.25) is 0 Å². The third kappa shape index (κ3) is 3.76. The van der Waals surface area contributed by atoms with Gasteiger partial charge in [0.05, 0.1) is 5.56 Å². The van der Waals surface area contributed by atoms with Crippen LogP contribution in [-0.2, 0) is 4.74 Å². The van der Waals surface area contributed by atoms with Crippen molar-refractivity contribution in [2.75, 3.05) is 6.61 Å². The molecule has 0 aromatic heterocycles. The number of hydrogen-bond acceptors (Lipinski definition) is 4. The first-order valence-corrected chi connectivity index (χ1v) is 7.81. The number of benzene rings is 1. The Morgan fingerprint density at radius 3 is 2.57 bits per heavy atom. The van der Waals surface area contributed by atoms with Gasteiger partial charge in [-0.05, 0) is 48.5 Å². The van der Waals surface area contributed by atoms with Gasteiger partial charge in [0.2, 0.25) is 5.78 Å². The Hall–Kier alpha value is -2.23. The van der Waals surface area contributed by atoms with Gasteiger partial charge in [0, 0.05) is 6.07 Å². The Balaban J connectivity index is 2.00. The molecule has 1 aliphatic carbocycles. The average Bonchev–Trinajstić information content (AvgIpc) is 2.50. The number of Topliss-reactive ketones (excluding diaryl/α,β-unsaturated/α-hetero) is 1. The predicted octanol–water partition coefficient (Wildman–Crippen LogP) is 4.11. The van der Waals surface area contributed by atoms with E-state index < -0.39 is 0 Å². The highest BCUT2D eigenvalue weighted by Gasteiger charge is 2.26. The third-order valence-electron chi connectivity index (χ3n) is 4.67. The second kappa shape index (κ2) is 6.49. The van der Waals surface area contributed by atoms with Crippen LogP contribution in [0.25, 0.3) is 0 Å². The van der Waals surface area contributed by atoms with Crippen LogP contribution in [0, 0.1) is 18.3 Å². The van der Waals surface area contributed by atoms with Gasteiger partial charge in [0.15, 0.2) is 6.61 Å². The predicted molar refractivity (Wildman–Crippen MR) is 89.6 cm³/mol. The van der Waals surface area contributed by atoms with Crippen molar-refractivity contribution >= 4 is 5.78 Å². The smallest absolute Gasteiger partial charge is 0.203 e. The first-order chi connectivity index (χ1) is 10.7. The van der Waals surface area contributed by atoms with Crippen molar-refractivity contribution in [1.29, 1.82) is 0 Å². The van der Waals surface area contributed by atoms with Gasteiger partial charge in [0.25, 0.3) is 0 Å². The largest absolute Gasteiger partial charge is 0.508 e. The van der Waals surface area contributed by atoms with Gasteiger partial charge < -0.3 is 14.9 Å². The second-order valence-corrected chi connectivity index (χ2v) is 6.67. The van der Waals surface area contributed by atoms with Crippen molar-refractivity contribution < 1.29 is 19.7 Å². The highest BCUT2D eigenvalue weighted by molar-refractivity contribution is 6.00. The molecule has 1 atom stereocenters. The molecule has 124 valence electrons. The van der Waals surface area contributed by atoms with E-state index in [0.29, 0.717) is 17.2 Å². The SMILES string of the molecule is Cc1cc(C(=O)COC2=CCC(C)(C(C)C)C=C2)c(O)cc1O. The maximum Gasteiger partial charge on any atom is 0.203 e. The normalized spacial score (nSPS) is 20.5. The summed E-state index contributed by atoms with van der Waals surface area (Å²) in [5, 5.41) is 19.3. The quantitative estimate of drug-likeness (QED) is 0.802. The zero-order chi connectivity index (χ0) is 17.2. The molecule has 4 heteroatoms. The molecule has 2 rings (SSSR count). The maximum absolute atomic E-state index is 12.2. The summed E-state index contributed by atoms with van der Waals surface area (Å²) in [6.45, 7) is 8.09.